The van der Waals surface area contributed by atoms with E-state index in [1.165, 1.54) is 0 Å². The molecule has 20 nitrogen and oxygen atoms in total. The number of carboxylic acid groups (broad SMARTS) is 1. The summed E-state index contributed by atoms with van der Waals surface area (Å²) in [6.07, 6.45) is -27.3. The summed E-state index contributed by atoms with van der Waals surface area (Å²) in [5, 5.41) is 124. The van der Waals surface area contributed by atoms with Crippen molar-refractivity contribution >= 4 is 11.9 Å². The first-order valence-electron chi connectivity index (χ1n) is 13.2. The number of carbonyl (C=O) groups is 2. The van der Waals surface area contributed by atoms with E-state index < -0.39 is 136 Å². The lowest BCUT2D eigenvalue weighted by molar-refractivity contribution is -0.370. The molecular weight excluding hydrogens is 594 g/mol. The van der Waals surface area contributed by atoms with E-state index in [-0.39, 0.29) is 0 Å². The monoisotopic (exact) mass is 633 g/mol. The summed E-state index contributed by atoms with van der Waals surface area (Å²) in [6.45, 7) is -1.54. The number of nitrogens with one attached hydrogen (secondary N) is 1. The van der Waals surface area contributed by atoms with Gasteiger partial charge in [0.25, 0.3) is 5.79 Å². The molecule has 0 radical (unpaired) electrons. The first-order valence-corrected chi connectivity index (χ1v) is 13.2. The van der Waals surface area contributed by atoms with Gasteiger partial charge in [-0.15, -0.1) is 0 Å². The Kier molecular flexibility index (Phi) is 12.1. The van der Waals surface area contributed by atoms with Crippen LogP contribution in [0.4, 0.5) is 0 Å². The largest absolute Gasteiger partial charge is 0.477 e. The van der Waals surface area contributed by atoms with Gasteiger partial charge < -0.3 is 90.3 Å². The van der Waals surface area contributed by atoms with E-state index in [1.54, 1.807) is 0 Å². The van der Waals surface area contributed by atoms with Crippen LogP contribution >= 0.6 is 0 Å². The molecule has 0 aromatic carbocycles. The summed E-state index contributed by atoms with van der Waals surface area (Å²) in [5.41, 5.74) is 0. The highest BCUT2D eigenvalue weighted by Crippen LogP contribution is 2.37. The third-order valence-corrected chi connectivity index (χ3v) is 7.45. The lowest BCUT2D eigenvalue weighted by atomic mass is 9.88. The maximum absolute atomic E-state index is 12.5. The molecule has 3 rings (SSSR count). The van der Waals surface area contributed by atoms with Gasteiger partial charge in [-0.3, -0.25) is 4.79 Å². The van der Waals surface area contributed by atoms with Gasteiger partial charge in [-0.25, -0.2) is 4.79 Å². The average Bonchev–Trinajstić information content (AvgIpc) is 2.96. The number of ether oxygens (including phenoxy) is 5. The quantitative estimate of drug-likeness (QED) is 0.100. The van der Waals surface area contributed by atoms with Gasteiger partial charge in [0, 0.05) is 13.3 Å². The number of amides is 1. The standard InChI is InChI=1S/C23H39NO19/c1-6(27)24-11-7(28)2-23(22(37)38,42-18(11)12(30)8(29)3-25)43-19-14(32)10(40-20(36)17(19)35)5-39-21-16(34)15(33)13(31)9(4-26)41-21/h7-21,25-26,28-36H,2-5H2,1H3,(H,24,27)(H,37,38)/t7-,8+,9+,10+,11+,12+,13-,14-,15-,16+,17+,18+,19-,20+,21+,23-/m0/s1. The van der Waals surface area contributed by atoms with E-state index in [1.807, 2.05) is 0 Å². The highest BCUT2D eigenvalue weighted by molar-refractivity contribution is 5.76. The van der Waals surface area contributed by atoms with Crippen molar-refractivity contribution in [3.05, 3.63) is 0 Å². The summed E-state index contributed by atoms with van der Waals surface area (Å²) in [4.78, 5) is 24.2. The second kappa shape index (κ2) is 14.6. The Hall–Kier alpha value is -1.70. The van der Waals surface area contributed by atoms with Crippen LogP contribution in [-0.4, -0.2) is 191 Å². The molecule has 0 spiro atoms. The van der Waals surface area contributed by atoms with Gasteiger partial charge in [-0.05, 0) is 0 Å². The van der Waals surface area contributed by atoms with Gasteiger partial charge >= 0.3 is 5.97 Å². The van der Waals surface area contributed by atoms with Crippen molar-refractivity contribution in [3.63, 3.8) is 0 Å². The highest BCUT2D eigenvalue weighted by atomic mass is 16.7. The van der Waals surface area contributed by atoms with Gasteiger partial charge in [0.15, 0.2) is 12.6 Å². The van der Waals surface area contributed by atoms with Crippen molar-refractivity contribution in [3.8, 4) is 0 Å². The Balaban J connectivity index is 1.84. The maximum Gasteiger partial charge on any atom is 0.364 e. The molecule has 3 heterocycles. The second-order valence-corrected chi connectivity index (χ2v) is 10.5. The minimum Gasteiger partial charge on any atom is -0.477 e. The zero-order valence-electron chi connectivity index (χ0n) is 22.7. The molecule has 0 aromatic rings. The maximum atomic E-state index is 12.5. The second-order valence-electron chi connectivity index (χ2n) is 10.5. The van der Waals surface area contributed by atoms with Crippen LogP contribution in [0.2, 0.25) is 0 Å². The van der Waals surface area contributed by atoms with Crippen LogP contribution in [0.1, 0.15) is 13.3 Å². The van der Waals surface area contributed by atoms with Crippen LogP contribution in [0.3, 0.4) is 0 Å². The molecule has 0 saturated carbocycles. The molecule has 0 bridgehead atoms. The molecule has 3 saturated heterocycles. The minimum atomic E-state index is -3.00. The summed E-state index contributed by atoms with van der Waals surface area (Å²) in [7, 11) is 0. The van der Waals surface area contributed by atoms with E-state index >= 15 is 0 Å². The smallest absolute Gasteiger partial charge is 0.364 e. The predicted molar refractivity (Wildman–Crippen MR) is 130 cm³/mol. The molecule has 0 aliphatic carbocycles. The summed E-state index contributed by atoms with van der Waals surface area (Å²) >= 11 is 0. The zero-order valence-corrected chi connectivity index (χ0v) is 22.7. The van der Waals surface area contributed by atoms with Crippen LogP contribution in [0, 0.1) is 0 Å². The molecule has 3 fully saturated rings. The predicted octanol–water partition coefficient (Wildman–Crippen LogP) is -8.22. The summed E-state index contributed by atoms with van der Waals surface area (Å²) in [6, 6.07) is -1.53. The van der Waals surface area contributed by atoms with E-state index in [2.05, 4.69) is 5.32 Å². The lowest BCUT2D eigenvalue weighted by Crippen LogP contribution is -2.70. The molecule has 250 valence electrons. The molecule has 3 aliphatic heterocycles. The first-order chi connectivity index (χ1) is 20.1. The van der Waals surface area contributed by atoms with E-state index in [4.69, 9.17) is 23.7 Å². The fourth-order valence-corrected chi connectivity index (χ4v) is 5.06. The Bertz CT molecular complexity index is 942. The topological polar surface area (TPSA) is 335 Å². The number of carboxylic acids is 1. The first kappa shape index (κ1) is 35.8. The normalized spacial score (nSPS) is 45.3. The molecule has 0 unspecified atom stereocenters. The third-order valence-electron chi connectivity index (χ3n) is 7.45. The van der Waals surface area contributed by atoms with E-state index in [0.717, 1.165) is 6.92 Å². The number of aliphatic hydroxyl groups is 11. The number of aliphatic carboxylic acids is 1. The van der Waals surface area contributed by atoms with E-state index in [0.29, 0.717) is 0 Å². The molecule has 20 heteroatoms. The van der Waals surface area contributed by atoms with Crippen LogP contribution in [0.25, 0.3) is 0 Å². The number of rotatable bonds is 11. The van der Waals surface area contributed by atoms with Crippen LogP contribution in [0.5, 0.6) is 0 Å². The fraction of sp³-hybridized carbons (Fsp3) is 0.913. The fourth-order valence-electron chi connectivity index (χ4n) is 5.06. The molecule has 43 heavy (non-hydrogen) atoms. The van der Waals surface area contributed by atoms with Gasteiger partial charge in [0.2, 0.25) is 5.91 Å². The highest BCUT2D eigenvalue weighted by Gasteiger charge is 2.59. The Morgan fingerprint density at radius 1 is 0.930 bits per heavy atom. The van der Waals surface area contributed by atoms with Gasteiger partial charge in [0.1, 0.15) is 67.1 Å². The average molecular weight is 634 g/mol. The number of hydrogen-bond acceptors (Lipinski definition) is 18. The number of aliphatic hydroxyl groups excluding tert-OH is 11. The van der Waals surface area contributed by atoms with Crippen LogP contribution in [-0.2, 0) is 33.3 Å². The van der Waals surface area contributed by atoms with E-state index in [9.17, 15) is 70.9 Å². The van der Waals surface area contributed by atoms with Crippen LogP contribution in [0.15, 0.2) is 0 Å². The molecule has 13 N–H and O–H groups in total. The van der Waals surface area contributed by atoms with Crippen molar-refractivity contribution in [2.24, 2.45) is 0 Å². The van der Waals surface area contributed by atoms with Crippen molar-refractivity contribution in [1.29, 1.82) is 0 Å². The Morgan fingerprint density at radius 3 is 2.14 bits per heavy atom. The summed E-state index contributed by atoms with van der Waals surface area (Å²) in [5.74, 6) is -5.70. The summed E-state index contributed by atoms with van der Waals surface area (Å²) < 4.78 is 26.5. The SMILES string of the molecule is CC(=O)N[C@H]1[C@H]([C@H](O)[C@H](O)CO)O[C@@](O[C@@H]2[C@@H](O)[C@H](O)O[C@H](CO[C@@H]3O[C@H](CO)[C@H](O)[C@H](O)[C@H]3O)[C@@H]2O)(C(=O)O)C[C@@H]1O. The number of hydrogen-bond donors (Lipinski definition) is 13. The Labute approximate surface area is 243 Å². The van der Waals surface area contributed by atoms with Crippen molar-refractivity contribution in [1.82, 2.24) is 5.32 Å². The molecule has 1 amide bonds. The molecule has 0 aromatic heterocycles. The Morgan fingerprint density at radius 2 is 1.58 bits per heavy atom. The number of carbonyl (C=O) groups excluding carboxylic acids is 1. The van der Waals surface area contributed by atoms with Gasteiger partial charge in [-0.2, -0.15) is 0 Å². The zero-order chi connectivity index (χ0) is 32.4. The van der Waals surface area contributed by atoms with Gasteiger partial charge in [0.05, 0.1) is 32.0 Å². The molecular formula is C23H39NO19. The molecule has 16 atom stereocenters. The van der Waals surface area contributed by atoms with Crippen LogP contribution < -0.4 is 5.32 Å². The third kappa shape index (κ3) is 7.58. The van der Waals surface area contributed by atoms with Gasteiger partial charge in [-0.1, -0.05) is 0 Å². The van der Waals surface area contributed by atoms with Crippen molar-refractivity contribution in [2.75, 3.05) is 19.8 Å². The minimum absolute atomic E-state index is 0.743. The molecule has 3 aliphatic rings. The van der Waals surface area contributed by atoms with Crippen molar-refractivity contribution in [2.45, 2.75) is 111 Å². The lowest BCUT2D eigenvalue weighted by Gasteiger charge is -2.49. The van der Waals surface area contributed by atoms with Crippen molar-refractivity contribution < 1.29 is 94.6 Å².